The fourth-order valence-corrected chi connectivity index (χ4v) is 4.76. The van der Waals surface area contributed by atoms with E-state index in [1.54, 1.807) is 25.6 Å². The lowest BCUT2D eigenvalue weighted by Gasteiger charge is -2.15. The molecule has 1 fully saturated rings. The van der Waals surface area contributed by atoms with Crippen LogP contribution in [0.3, 0.4) is 0 Å². The summed E-state index contributed by atoms with van der Waals surface area (Å²) in [5.41, 5.74) is 1.83. The van der Waals surface area contributed by atoms with Crippen LogP contribution in [0.2, 0.25) is 0 Å². The summed E-state index contributed by atoms with van der Waals surface area (Å²) in [6.45, 7) is 4.06. The van der Waals surface area contributed by atoms with Gasteiger partial charge in [0, 0.05) is 31.4 Å². The number of aryl methyl sites for hydroxylation is 2. The summed E-state index contributed by atoms with van der Waals surface area (Å²) in [6.07, 6.45) is 1.72. The molecule has 0 N–H and O–H groups in total. The summed E-state index contributed by atoms with van der Waals surface area (Å²) in [6, 6.07) is 5.72. The highest BCUT2D eigenvalue weighted by molar-refractivity contribution is 7.89. The molecule has 1 aliphatic rings. The van der Waals surface area contributed by atoms with Gasteiger partial charge in [-0.05, 0) is 51.0 Å². The van der Waals surface area contributed by atoms with Crippen LogP contribution in [0.5, 0.6) is 0 Å². The summed E-state index contributed by atoms with van der Waals surface area (Å²) in [5.74, 6) is -1.01. The number of sulfonamides is 1. The summed E-state index contributed by atoms with van der Waals surface area (Å²) < 4.78 is 33.2. The number of Topliss-reactive ketones (excluding diaryl/α,β-unsaturated/α-hetero) is 1. The van der Waals surface area contributed by atoms with E-state index in [0.717, 1.165) is 12.8 Å². The predicted octanol–water partition coefficient (Wildman–Crippen LogP) is 1.86. The second-order valence-electron chi connectivity index (χ2n) is 6.80. The first-order valence-electron chi connectivity index (χ1n) is 9.02. The number of carbonyl (C=O) groups is 2. The Morgan fingerprint density at radius 2 is 1.71 bits per heavy atom. The molecule has 28 heavy (non-hydrogen) atoms. The zero-order chi connectivity index (χ0) is 20.5. The van der Waals surface area contributed by atoms with Crippen LogP contribution in [-0.2, 0) is 21.8 Å². The lowest BCUT2D eigenvalue weighted by Crippen LogP contribution is -2.27. The monoisotopic (exact) mass is 405 g/mol. The van der Waals surface area contributed by atoms with Gasteiger partial charge in [0.1, 0.15) is 5.56 Å². The first kappa shape index (κ1) is 20.2. The highest BCUT2D eigenvalue weighted by atomic mass is 32.2. The van der Waals surface area contributed by atoms with Gasteiger partial charge in [-0.1, -0.05) is 0 Å². The van der Waals surface area contributed by atoms with E-state index in [2.05, 4.69) is 5.10 Å². The van der Waals surface area contributed by atoms with Crippen molar-refractivity contribution in [2.24, 2.45) is 7.05 Å². The number of aromatic nitrogens is 2. The van der Waals surface area contributed by atoms with Crippen LogP contribution in [0.4, 0.5) is 0 Å². The number of rotatable bonds is 6. The second-order valence-corrected chi connectivity index (χ2v) is 8.74. The van der Waals surface area contributed by atoms with E-state index in [9.17, 15) is 18.0 Å². The Morgan fingerprint density at radius 1 is 1.11 bits per heavy atom. The van der Waals surface area contributed by atoms with Crippen LogP contribution in [0.1, 0.15) is 44.9 Å². The average Bonchev–Trinajstić information content (AvgIpc) is 3.29. The summed E-state index contributed by atoms with van der Waals surface area (Å²) >= 11 is 0. The Kier molecular flexibility index (Phi) is 5.66. The van der Waals surface area contributed by atoms with Crippen molar-refractivity contribution in [2.75, 3.05) is 19.7 Å². The van der Waals surface area contributed by atoms with Gasteiger partial charge in [0.25, 0.3) is 0 Å². The van der Waals surface area contributed by atoms with E-state index < -0.39 is 28.4 Å². The topological polar surface area (TPSA) is 98.6 Å². The predicted molar refractivity (Wildman–Crippen MR) is 102 cm³/mol. The third kappa shape index (κ3) is 3.85. The number of ether oxygens (including phenoxy) is 1. The third-order valence-electron chi connectivity index (χ3n) is 4.93. The lowest BCUT2D eigenvalue weighted by atomic mass is 10.1. The minimum atomic E-state index is -3.52. The molecule has 3 rings (SSSR count). The molecular formula is C19H23N3O5S. The standard InChI is InChI=1S/C19H23N3O5S/c1-13-18(14(2)21(3)20-13)19(24)27-12-17(23)15-6-8-16(9-7-15)28(25,26)22-10-4-5-11-22/h6-9H,4-5,10-12H2,1-3H3. The molecule has 0 atom stereocenters. The first-order valence-corrected chi connectivity index (χ1v) is 10.5. The summed E-state index contributed by atoms with van der Waals surface area (Å²) in [4.78, 5) is 24.7. The zero-order valence-electron chi connectivity index (χ0n) is 16.1. The van der Waals surface area contributed by atoms with Crippen molar-refractivity contribution in [3.8, 4) is 0 Å². The smallest absolute Gasteiger partial charge is 0.342 e. The minimum Gasteiger partial charge on any atom is -0.454 e. The SMILES string of the molecule is Cc1nn(C)c(C)c1C(=O)OCC(=O)c1ccc(S(=O)(=O)N2CCCC2)cc1. The number of esters is 1. The van der Waals surface area contributed by atoms with Crippen LogP contribution in [0, 0.1) is 13.8 Å². The molecule has 1 aliphatic heterocycles. The fraction of sp³-hybridized carbons (Fsp3) is 0.421. The molecule has 150 valence electrons. The Labute approximate surface area is 164 Å². The molecule has 2 aromatic rings. The highest BCUT2D eigenvalue weighted by Gasteiger charge is 2.27. The maximum atomic E-state index is 12.5. The van der Waals surface area contributed by atoms with Gasteiger partial charge in [-0.15, -0.1) is 0 Å². The van der Waals surface area contributed by atoms with Crippen molar-refractivity contribution < 1.29 is 22.7 Å². The molecular weight excluding hydrogens is 382 g/mol. The third-order valence-corrected chi connectivity index (χ3v) is 6.84. The van der Waals surface area contributed by atoms with Gasteiger partial charge in [-0.3, -0.25) is 9.48 Å². The highest BCUT2D eigenvalue weighted by Crippen LogP contribution is 2.21. The molecule has 0 spiro atoms. The molecule has 0 aliphatic carbocycles. The van der Waals surface area contributed by atoms with E-state index >= 15 is 0 Å². The molecule has 0 bridgehead atoms. The maximum Gasteiger partial charge on any atom is 0.342 e. The number of carbonyl (C=O) groups excluding carboxylic acids is 2. The number of hydrogen-bond donors (Lipinski definition) is 0. The molecule has 1 saturated heterocycles. The second kappa shape index (κ2) is 7.84. The van der Waals surface area contributed by atoms with Gasteiger partial charge in [0.15, 0.2) is 12.4 Å². The van der Waals surface area contributed by atoms with Crippen molar-refractivity contribution in [3.05, 3.63) is 46.8 Å². The largest absolute Gasteiger partial charge is 0.454 e. The van der Waals surface area contributed by atoms with Gasteiger partial charge in [-0.2, -0.15) is 9.40 Å². The molecule has 8 nitrogen and oxygen atoms in total. The molecule has 1 aromatic heterocycles. The van der Waals surface area contributed by atoms with E-state index in [1.807, 2.05) is 0 Å². The number of nitrogens with zero attached hydrogens (tertiary/aromatic N) is 3. The van der Waals surface area contributed by atoms with Gasteiger partial charge >= 0.3 is 5.97 Å². The zero-order valence-corrected chi connectivity index (χ0v) is 17.0. The van der Waals surface area contributed by atoms with Crippen molar-refractivity contribution in [2.45, 2.75) is 31.6 Å². The van der Waals surface area contributed by atoms with Crippen LogP contribution < -0.4 is 0 Å². The van der Waals surface area contributed by atoms with Gasteiger partial charge in [0.05, 0.1) is 10.6 Å². The lowest BCUT2D eigenvalue weighted by molar-refractivity contribution is 0.0473. The minimum absolute atomic E-state index is 0.157. The van der Waals surface area contributed by atoms with Crippen LogP contribution >= 0.6 is 0 Å². The van der Waals surface area contributed by atoms with Crippen LogP contribution in [-0.4, -0.2) is 54.0 Å². The number of ketones is 1. The molecule has 0 radical (unpaired) electrons. The van der Waals surface area contributed by atoms with E-state index in [4.69, 9.17) is 4.74 Å². The van der Waals surface area contributed by atoms with Gasteiger partial charge in [-0.25, -0.2) is 13.2 Å². The average molecular weight is 405 g/mol. The van der Waals surface area contributed by atoms with Crippen LogP contribution in [0.15, 0.2) is 29.2 Å². The number of hydrogen-bond acceptors (Lipinski definition) is 6. The normalized spacial score (nSPS) is 15.0. The van der Waals surface area contributed by atoms with E-state index in [1.165, 1.54) is 28.6 Å². The quantitative estimate of drug-likeness (QED) is 0.537. The maximum absolute atomic E-state index is 12.5. The van der Waals surface area contributed by atoms with Gasteiger partial charge < -0.3 is 4.74 Å². The van der Waals surface area contributed by atoms with Crippen molar-refractivity contribution >= 4 is 21.8 Å². The molecule has 9 heteroatoms. The fourth-order valence-electron chi connectivity index (χ4n) is 3.25. The Balaban J connectivity index is 1.66. The number of benzene rings is 1. The van der Waals surface area contributed by atoms with Crippen molar-refractivity contribution in [1.29, 1.82) is 0 Å². The molecule has 0 saturated carbocycles. The first-order chi connectivity index (χ1) is 13.2. The van der Waals surface area contributed by atoms with Crippen molar-refractivity contribution in [1.82, 2.24) is 14.1 Å². The molecule has 0 unspecified atom stereocenters. The van der Waals surface area contributed by atoms with Gasteiger partial charge in [0.2, 0.25) is 10.0 Å². The molecule has 0 amide bonds. The molecule has 1 aromatic carbocycles. The summed E-state index contributed by atoms with van der Waals surface area (Å²) in [7, 11) is -1.80. The van der Waals surface area contributed by atoms with E-state index in [-0.39, 0.29) is 10.5 Å². The van der Waals surface area contributed by atoms with Crippen molar-refractivity contribution in [3.63, 3.8) is 0 Å². The van der Waals surface area contributed by atoms with E-state index in [0.29, 0.717) is 30.0 Å². The Hall–Kier alpha value is -2.52. The Bertz CT molecular complexity index is 1000. The molecule has 2 heterocycles. The Morgan fingerprint density at radius 3 is 2.25 bits per heavy atom. The summed E-state index contributed by atoms with van der Waals surface area (Å²) in [5, 5.41) is 4.15. The van der Waals surface area contributed by atoms with Crippen LogP contribution in [0.25, 0.3) is 0 Å².